The highest BCUT2D eigenvalue weighted by atomic mass is 16.5. The number of nitrogens with one attached hydrogen (secondary N) is 1. The third kappa shape index (κ3) is 5.56. The van der Waals surface area contributed by atoms with E-state index in [1.165, 1.54) is 25.7 Å². The predicted octanol–water partition coefficient (Wildman–Crippen LogP) is 3.74. The summed E-state index contributed by atoms with van der Waals surface area (Å²) in [6, 6.07) is 10.2. The summed E-state index contributed by atoms with van der Waals surface area (Å²) in [6.45, 7) is -0.315. The zero-order valence-electron chi connectivity index (χ0n) is 20.4. The highest BCUT2D eigenvalue weighted by Crippen LogP contribution is 2.39. The third-order valence-electron chi connectivity index (χ3n) is 7.04. The van der Waals surface area contributed by atoms with Crippen LogP contribution in [0.3, 0.4) is 0 Å². The maximum absolute atomic E-state index is 12.8. The van der Waals surface area contributed by atoms with Gasteiger partial charge in [-0.2, -0.15) is 4.80 Å². The van der Waals surface area contributed by atoms with E-state index >= 15 is 0 Å². The Balaban J connectivity index is 1.40. The van der Waals surface area contributed by atoms with Crippen molar-refractivity contribution in [3.05, 3.63) is 75.0 Å². The summed E-state index contributed by atoms with van der Waals surface area (Å²) in [5.41, 5.74) is 4.77. The van der Waals surface area contributed by atoms with Gasteiger partial charge >= 0.3 is 5.97 Å². The molecule has 2 saturated carbocycles. The van der Waals surface area contributed by atoms with Crippen molar-refractivity contribution < 1.29 is 14.6 Å². The number of aromatic nitrogens is 5. The van der Waals surface area contributed by atoms with Crippen molar-refractivity contribution in [3.63, 3.8) is 0 Å². The van der Waals surface area contributed by atoms with E-state index in [1.54, 1.807) is 7.11 Å². The summed E-state index contributed by atoms with van der Waals surface area (Å²) in [5.74, 6) is 1.12. The smallest absolute Gasteiger partial charge is 0.327 e. The van der Waals surface area contributed by atoms with Gasteiger partial charge in [-0.1, -0.05) is 37.1 Å². The first-order valence-electron chi connectivity index (χ1n) is 12.6. The molecule has 2 aliphatic rings. The second-order valence-corrected chi connectivity index (χ2v) is 9.71. The minimum absolute atomic E-state index is 0.0133. The molecular weight excluding hydrogens is 458 g/mol. The van der Waals surface area contributed by atoms with Gasteiger partial charge in [0.25, 0.3) is 5.56 Å². The molecule has 9 heteroatoms. The zero-order chi connectivity index (χ0) is 25.1. The fourth-order valence-electron chi connectivity index (χ4n) is 4.99. The number of hydrogen-bond acceptors (Lipinski definition) is 6. The van der Waals surface area contributed by atoms with E-state index in [4.69, 9.17) is 9.84 Å². The molecule has 1 aromatic carbocycles. The van der Waals surface area contributed by atoms with Gasteiger partial charge in [0.2, 0.25) is 0 Å². The van der Waals surface area contributed by atoms with Gasteiger partial charge in [0.1, 0.15) is 5.75 Å². The Labute approximate surface area is 209 Å². The predicted molar refractivity (Wildman–Crippen MR) is 134 cm³/mol. The second-order valence-electron chi connectivity index (χ2n) is 9.71. The normalized spacial score (nSPS) is 16.4. The van der Waals surface area contributed by atoms with E-state index < -0.39 is 5.97 Å². The monoisotopic (exact) mass is 489 g/mol. The van der Waals surface area contributed by atoms with Crippen LogP contribution in [0.15, 0.2) is 41.2 Å². The third-order valence-corrected chi connectivity index (χ3v) is 7.04. The number of ether oxygens (including phenoxy) is 1. The molecule has 0 spiro atoms. The number of nitrogens with zero attached hydrogens (tertiary/aromatic N) is 4. The minimum Gasteiger partial charge on any atom is -0.496 e. The van der Waals surface area contributed by atoms with Crippen molar-refractivity contribution in [2.75, 3.05) is 7.11 Å². The Bertz CT molecular complexity index is 1330. The van der Waals surface area contributed by atoms with Gasteiger partial charge in [-0.15, -0.1) is 10.2 Å². The lowest BCUT2D eigenvalue weighted by molar-refractivity contribution is -0.138. The fraction of sp³-hybridized carbons (Fsp3) is 0.444. The Morgan fingerprint density at radius 3 is 2.67 bits per heavy atom. The van der Waals surface area contributed by atoms with E-state index in [2.05, 4.69) is 32.5 Å². The van der Waals surface area contributed by atoms with Crippen LogP contribution in [0.25, 0.3) is 5.57 Å². The number of aryl methyl sites for hydroxylation is 2. The number of carboxylic acids is 1. The van der Waals surface area contributed by atoms with Crippen molar-refractivity contribution in [3.8, 4) is 5.75 Å². The van der Waals surface area contributed by atoms with Gasteiger partial charge < -0.3 is 14.8 Å². The molecule has 0 radical (unpaired) electrons. The Morgan fingerprint density at radius 2 is 1.97 bits per heavy atom. The molecule has 0 unspecified atom stereocenters. The molecule has 2 aromatic heterocycles. The maximum Gasteiger partial charge on any atom is 0.327 e. The van der Waals surface area contributed by atoms with Gasteiger partial charge in [-0.25, -0.2) is 0 Å². The van der Waals surface area contributed by atoms with Gasteiger partial charge in [0.05, 0.1) is 7.11 Å². The number of methoxy groups -OCH3 is 1. The molecule has 0 atom stereocenters. The van der Waals surface area contributed by atoms with Crippen LogP contribution >= 0.6 is 0 Å². The highest BCUT2D eigenvalue weighted by molar-refractivity contribution is 5.79. The van der Waals surface area contributed by atoms with Gasteiger partial charge in [0, 0.05) is 23.3 Å². The van der Waals surface area contributed by atoms with Crippen LogP contribution in [-0.4, -0.2) is 43.4 Å². The molecule has 2 aliphatic carbocycles. The molecule has 5 rings (SSSR count). The van der Waals surface area contributed by atoms with Crippen LogP contribution in [-0.2, 0) is 24.2 Å². The van der Waals surface area contributed by atoms with Crippen molar-refractivity contribution >= 4 is 11.5 Å². The molecule has 2 N–H and O–H groups in total. The lowest BCUT2D eigenvalue weighted by Gasteiger charge is -2.15. The van der Waals surface area contributed by atoms with Crippen molar-refractivity contribution in [2.45, 2.75) is 63.8 Å². The number of aliphatic carboxylic acids is 1. The topological polar surface area (TPSA) is 123 Å². The number of tetrazole rings is 1. The molecule has 0 amide bonds. The van der Waals surface area contributed by atoms with Crippen LogP contribution < -0.4 is 10.3 Å². The Hall–Kier alpha value is -3.75. The van der Waals surface area contributed by atoms with E-state index in [-0.39, 0.29) is 12.1 Å². The van der Waals surface area contributed by atoms with E-state index in [9.17, 15) is 9.59 Å². The van der Waals surface area contributed by atoms with Crippen LogP contribution in [0.2, 0.25) is 0 Å². The number of carboxylic acid groups (broad SMARTS) is 1. The summed E-state index contributed by atoms with van der Waals surface area (Å²) >= 11 is 0. The molecule has 2 fully saturated rings. The van der Waals surface area contributed by atoms with Gasteiger partial charge in [0.15, 0.2) is 12.4 Å². The number of benzene rings is 1. The summed E-state index contributed by atoms with van der Waals surface area (Å²) in [4.78, 5) is 27.9. The number of rotatable bonds is 10. The van der Waals surface area contributed by atoms with Gasteiger partial charge in [-0.05, 0) is 72.4 Å². The van der Waals surface area contributed by atoms with Crippen LogP contribution in [0.5, 0.6) is 5.75 Å². The molecule has 2 heterocycles. The van der Waals surface area contributed by atoms with E-state index in [1.807, 2.05) is 24.3 Å². The molecule has 0 saturated heterocycles. The average Bonchev–Trinajstić information content (AvgIpc) is 3.38. The highest BCUT2D eigenvalue weighted by Gasteiger charge is 2.26. The fourth-order valence-corrected chi connectivity index (χ4v) is 4.99. The van der Waals surface area contributed by atoms with E-state index in [0.29, 0.717) is 30.5 Å². The van der Waals surface area contributed by atoms with Crippen molar-refractivity contribution in [1.29, 1.82) is 0 Å². The number of aromatic amines is 1. The number of allylic oxidation sites excluding steroid dienone is 1. The van der Waals surface area contributed by atoms with Crippen LogP contribution in [0.4, 0.5) is 0 Å². The first-order chi connectivity index (χ1) is 17.5. The molecule has 9 nitrogen and oxygen atoms in total. The second kappa shape index (κ2) is 10.5. The maximum atomic E-state index is 12.8. The first-order valence-corrected chi connectivity index (χ1v) is 12.6. The molecular formula is C27H31N5O4. The molecule has 3 aromatic rings. The lowest BCUT2D eigenvalue weighted by atomic mass is 9.94. The first kappa shape index (κ1) is 24.0. The Morgan fingerprint density at radius 1 is 1.17 bits per heavy atom. The quantitative estimate of drug-likeness (QED) is 0.445. The summed E-state index contributed by atoms with van der Waals surface area (Å²) in [6.07, 6.45) is 10.4. The summed E-state index contributed by atoms with van der Waals surface area (Å²) in [7, 11) is 1.65. The van der Waals surface area contributed by atoms with Crippen molar-refractivity contribution in [1.82, 2.24) is 25.2 Å². The SMILES string of the molecule is COc1cc(/C(=C\C2CCCC2)c2ccc(C3CC3)c(=O)[nH]2)ccc1CCc1nnn(CC(=O)O)n1. The minimum atomic E-state index is -1.01. The number of H-pyrrole nitrogens is 1. The molecule has 188 valence electrons. The van der Waals surface area contributed by atoms with Crippen LogP contribution in [0, 0.1) is 5.92 Å². The number of hydrogen-bond donors (Lipinski definition) is 2. The average molecular weight is 490 g/mol. The molecule has 0 aliphatic heterocycles. The Kier molecular flexibility index (Phi) is 6.97. The van der Waals surface area contributed by atoms with Crippen LogP contribution in [0.1, 0.15) is 72.7 Å². The largest absolute Gasteiger partial charge is 0.496 e. The summed E-state index contributed by atoms with van der Waals surface area (Å²) in [5, 5.41) is 20.7. The molecule has 0 bridgehead atoms. The standard InChI is InChI=1S/C27H31N5O4/c1-36-24-15-20(9-8-19(24)10-13-25-29-31-32(30-25)16-26(33)34)22(14-17-4-2-3-5-17)23-12-11-21(18-6-7-18)27(35)28-23/h8-9,11-12,14-15,17-18H,2-7,10,13,16H2,1H3,(H,28,35)(H,33,34)/b22-14+. The molecule has 36 heavy (non-hydrogen) atoms. The number of pyridine rings is 1. The van der Waals surface area contributed by atoms with E-state index in [0.717, 1.165) is 51.3 Å². The lowest BCUT2D eigenvalue weighted by Crippen LogP contribution is -2.13. The zero-order valence-corrected chi connectivity index (χ0v) is 20.4. The van der Waals surface area contributed by atoms with Crippen molar-refractivity contribution in [2.24, 2.45) is 5.92 Å². The van der Waals surface area contributed by atoms with Gasteiger partial charge in [-0.3, -0.25) is 9.59 Å². The number of carbonyl (C=O) groups is 1. The summed E-state index contributed by atoms with van der Waals surface area (Å²) < 4.78 is 5.73.